The van der Waals surface area contributed by atoms with E-state index in [9.17, 15) is 0 Å². The molecule has 6 rings (SSSR count). The van der Waals surface area contributed by atoms with E-state index in [1.54, 1.807) is 0 Å². The monoisotopic (exact) mass is 482 g/mol. The molecule has 0 saturated carbocycles. The van der Waals surface area contributed by atoms with Crippen LogP contribution in [0.5, 0.6) is 0 Å². The van der Waals surface area contributed by atoms with Crippen LogP contribution < -0.4 is 8.96 Å². The number of aromatic nitrogens is 1. The summed E-state index contributed by atoms with van der Waals surface area (Å²) in [5.74, 6) is 4.65. The summed E-state index contributed by atoms with van der Waals surface area (Å²) in [7, 11) is 2.07. The van der Waals surface area contributed by atoms with Gasteiger partial charge in [-0.1, -0.05) is 0 Å². The van der Waals surface area contributed by atoms with Gasteiger partial charge in [-0.05, 0) is 0 Å². The molecular weight excluding hydrogens is 451 g/mol. The molecule has 0 spiro atoms. The first kappa shape index (κ1) is 17.7. The maximum absolute atomic E-state index is 8.54. The number of fused-ring (bicyclic) bond motifs is 4. The molecule has 0 aliphatic carbocycles. The van der Waals surface area contributed by atoms with Crippen molar-refractivity contribution in [1.82, 2.24) is 0 Å². The molecule has 3 heterocycles. The van der Waals surface area contributed by atoms with Crippen molar-refractivity contribution in [1.29, 1.82) is 0 Å². The topological polar surface area (TPSA) is 17.0 Å². The van der Waals surface area contributed by atoms with Crippen molar-refractivity contribution in [3.8, 4) is 22.4 Å². The van der Waals surface area contributed by atoms with Crippen LogP contribution in [0.3, 0.4) is 0 Å². The molecule has 158 valence electrons. The molecule has 3 aromatic carbocycles. The summed E-state index contributed by atoms with van der Waals surface area (Å²) >= 11 is -2.41. The first-order chi connectivity index (χ1) is 16.2. The Labute approximate surface area is 194 Å². The van der Waals surface area contributed by atoms with Gasteiger partial charge in [0.25, 0.3) is 0 Å². The Morgan fingerprint density at radius 1 is 0.938 bits per heavy atom. The van der Waals surface area contributed by atoms with E-state index in [2.05, 4.69) is 90.8 Å². The van der Waals surface area contributed by atoms with Gasteiger partial charge in [0, 0.05) is 0 Å². The van der Waals surface area contributed by atoms with E-state index >= 15 is 0 Å². The summed E-state index contributed by atoms with van der Waals surface area (Å²) < 4.78 is 27.2. The van der Waals surface area contributed by atoms with Gasteiger partial charge in [-0.25, -0.2) is 0 Å². The van der Waals surface area contributed by atoms with Crippen LogP contribution in [0.25, 0.3) is 44.3 Å². The predicted octanol–water partition coefficient (Wildman–Crippen LogP) is 6.52. The van der Waals surface area contributed by atoms with Crippen molar-refractivity contribution in [2.24, 2.45) is 7.05 Å². The molecule has 0 atom stereocenters. The van der Waals surface area contributed by atoms with Crippen LogP contribution in [0.1, 0.15) is 13.9 Å². The van der Waals surface area contributed by atoms with E-state index in [1.165, 1.54) is 9.96 Å². The Hall–Kier alpha value is -2.85. The Kier molecular flexibility index (Phi) is 3.91. The van der Waals surface area contributed by atoms with E-state index in [0.29, 0.717) is 5.25 Å². The quantitative estimate of drug-likeness (QED) is 0.207. The van der Waals surface area contributed by atoms with Crippen LogP contribution in [0, 0.1) is 6.92 Å². The number of hydrogen-bond acceptors (Lipinski definition) is 1. The van der Waals surface area contributed by atoms with Gasteiger partial charge in [0.1, 0.15) is 0 Å². The Morgan fingerprint density at radius 2 is 1.78 bits per heavy atom. The average Bonchev–Trinajstić information content (AvgIpc) is 3.25. The normalized spacial score (nSPS) is 17.4. The standard InChI is InChI=1S/C29H28GeNO/c1-19-11-14-24-23-9-7-8-22(21-13-12-20-15-16-30(2,3)25(20)18-21)28(23)32-29(24)27(19)26-10-5-6-17-31(26)4/h5-14,17-18H,15-16H2,1-4H3/q+1/i15D2. The molecule has 32 heavy (non-hydrogen) atoms. The van der Waals surface area contributed by atoms with Crippen LogP contribution in [-0.4, -0.2) is 13.3 Å². The van der Waals surface area contributed by atoms with E-state index in [0.717, 1.165) is 49.9 Å². The van der Waals surface area contributed by atoms with Crippen molar-refractivity contribution in [2.75, 3.05) is 0 Å². The first-order valence-electron chi connectivity index (χ1n) is 12.2. The number of aryl methyl sites for hydroxylation is 3. The van der Waals surface area contributed by atoms with Gasteiger partial charge in [-0.3, -0.25) is 0 Å². The molecule has 2 aromatic heterocycles. The summed E-state index contributed by atoms with van der Waals surface area (Å²) in [4.78, 5) is 0. The zero-order chi connectivity index (χ0) is 23.8. The third-order valence-corrected chi connectivity index (χ3v) is 13.1. The van der Waals surface area contributed by atoms with Gasteiger partial charge in [-0.15, -0.1) is 0 Å². The summed E-state index contributed by atoms with van der Waals surface area (Å²) in [6.45, 7) is 2.14. The number of nitrogens with zero attached hydrogens (tertiary/aromatic N) is 1. The van der Waals surface area contributed by atoms with Gasteiger partial charge in [0.2, 0.25) is 0 Å². The molecule has 0 unspecified atom stereocenters. The fourth-order valence-electron chi connectivity index (χ4n) is 5.13. The molecule has 0 amide bonds. The van der Waals surface area contributed by atoms with E-state index in [1.807, 2.05) is 12.1 Å². The number of benzene rings is 3. The van der Waals surface area contributed by atoms with Crippen LogP contribution in [0.4, 0.5) is 0 Å². The number of para-hydroxylation sites is 1. The minimum absolute atomic E-state index is 0.692. The third-order valence-electron chi connectivity index (χ3n) is 6.97. The molecule has 2 nitrogen and oxygen atoms in total. The predicted molar refractivity (Wildman–Crippen MR) is 136 cm³/mol. The SMILES string of the molecule is [2H]C1([2H])[CH2][Ge]([CH3])([CH3])[c]2cc(-c3cccc4c3oc3c(-c5cccc[n+]5C)c(C)ccc34)ccc21. The molecule has 0 fully saturated rings. The second kappa shape index (κ2) is 7.08. The zero-order valence-corrected chi connectivity index (χ0v) is 21.1. The van der Waals surface area contributed by atoms with Gasteiger partial charge in [0.05, 0.1) is 0 Å². The molecular formula is C29H28GeNO+. The summed E-state index contributed by atoms with van der Waals surface area (Å²) in [5.41, 5.74) is 8.33. The number of rotatable bonds is 2. The van der Waals surface area contributed by atoms with E-state index in [4.69, 9.17) is 7.16 Å². The summed E-state index contributed by atoms with van der Waals surface area (Å²) in [6, 6.07) is 23.3. The van der Waals surface area contributed by atoms with E-state index in [-0.39, 0.29) is 0 Å². The summed E-state index contributed by atoms with van der Waals surface area (Å²) in [5, 5.41) is 2.93. The minimum atomic E-state index is -2.41. The Bertz CT molecular complexity index is 1620. The fraction of sp³-hybridized carbons (Fsp3) is 0.207. The summed E-state index contributed by atoms with van der Waals surface area (Å²) in [6.07, 6.45) is 0.859. The van der Waals surface area contributed by atoms with Crippen molar-refractivity contribution in [3.63, 3.8) is 0 Å². The molecule has 0 N–H and O–H groups in total. The fourth-order valence-corrected chi connectivity index (χ4v) is 9.89. The molecule has 5 aromatic rings. The second-order valence-electron chi connectivity index (χ2n) is 9.61. The molecule has 0 saturated heterocycles. The van der Waals surface area contributed by atoms with Crippen LogP contribution in [-0.2, 0) is 13.4 Å². The third kappa shape index (κ3) is 2.89. The zero-order valence-electron chi connectivity index (χ0n) is 21.0. The second-order valence-corrected chi connectivity index (χ2v) is 19.4. The average molecular weight is 481 g/mol. The molecule has 3 heteroatoms. The first-order valence-corrected chi connectivity index (χ1v) is 18.0. The molecule has 1 aliphatic rings. The van der Waals surface area contributed by atoms with Crippen molar-refractivity contribution in [3.05, 3.63) is 84.1 Å². The molecule has 1 aliphatic heterocycles. The van der Waals surface area contributed by atoms with Gasteiger partial charge >= 0.3 is 195 Å². The number of hydrogen-bond donors (Lipinski definition) is 0. The van der Waals surface area contributed by atoms with E-state index < -0.39 is 19.6 Å². The number of furan rings is 1. The van der Waals surface area contributed by atoms with Gasteiger partial charge in [0.15, 0.2) is 0 Å². The van der Waals surface area contributed by atoms with Crippen molar-refractivity contribution >= 4 is 39.6 Å². The van der Waals surface area contributed by atoms with Crippen LogP contribution >= 0.6 is 0 Å². The Balaban J connectivity index is 1.62. The maximum atomic E-state index is 8.54. The Morgan fingerprint density at radius 3 is 2.62 bits per heavy atom. The number of pyridine rings is 1. The van der Waals surface area contributed by atoms with Crippen LogP contribution in [0.2, 0.25) is 16.8 Å². The molecule has 0 radical (unpaired) electrons. The van der Waals surface area contributed by atoms with Crippen LogP contribution in [0.15, 0.2) is 77.3 Å². The van der Waals surface area contributed by atoms with Gasteiger partial charge < -0.3 is 0 Å². The van der Waals surface area contributed by atoms with Crippen molar-refractivity contribution < 1.29 is 11.7 Å². The van der Waals surface area contributed by atoms with Crippen molar-refractivity contribution in [2.45, 2.75) is 30.1 Å². The molecule has 0 bridgehead atoms. The van der Waals surface area contributed by atoms with Gasteiger partial charge in [-0.2, -0.15) is 0 Å².